The van der Waals surface area contributed by atoms with Crippen LogP contribution in [-0.4, -0.2) is 30.1 Å². The quantitative estimate of drug-likeness (QED) is 0.868. The number of amides is 1. The first-order valence-corrected chi connectivity index (χ1v) is 8.63. The molecule has 1 heterocycles. The van der Waals surface area contributed by atoms with Gasteiger partial charge < -0.3 is 15.3 Å². The number of anilines is 2. The minimum atomic E-state index is -1.11. The lowest BCUT2D eigenvalue weighted by Crippen LogP contribution is -2.34. The van der Waals surface area contributed by atoms with Gasteiger partial charge in [-0.25, -0.2) is 9.18 Å². The van der Waals surface area contributed by atoms with Crippen LogP contribution in [0, 0.1) is 11.7 Å². The molecule has 2 N–H and O–H groups in total. The molecule has 0 spiro atoms. The summed E-state index contributed by atoms with van der Waals surface area (Å²) in [5.74, 6) is -1.46. The third kappa shape index (κ3) is 4.02. The van der Waals surface area contributed by atoms with Crippen LogP contribution in [0.4, 0.5) is 15.8 Å². The van der Waals surface area contributed by atoms with Crippen LogP contribution >= 0.6 is 0 Å². The highest BCUT2D eigenvalue weighted by Crippen LogP contribution is 2.27. The van der Waals surface area contributed by atoms with E-state index in [0.717, 1.165) is 25.2 Å². The molecule has 2 aromatic carbocycles. The van der Waals surface area contributed by atoms with Gasteiger partial charge in [-0.05, 0) is 61.2 Å². The first kappa shape index (κ1) is 17.9. The Morgan fingerprint density at radius 2 is 1.92 bits per heavy atom. The van der Waals surface area contributed by atoms with E-state index >= 15 is 0 Å². The number of hydrogen-bond donors (Lipinski definition) is 2. The second kappa shape index (κ2) is 7.56. The molecular weight excluding hydrogens is 335 g/mol. The molecule has 0 aromatic heterocycles. The number of carbonyl (C=O) groups is 2. The molecule has 1 aliphatic heterocycles. The Morgan fingerprint density at radius 3 is 2.58 bits per heavy atom. The van der Waals surface area contributed by atoms with Crippen LogP contribution in [0.15, 0.2) is 42.5 Å². The molecule has 1 unspecified atom stereocenters. The molecule has 3 rings (SSSR count). The molecule has 0 bridgehead atoms. The zero-order chi connectivity index (χ0) is 18.7. The maximum absolute atomic E-state index is 13.0. The molecule has 1 aliphatic rings. The first-order valence-electron chi connectivity index (χ1n) is 8.63. The van der Waals surface area contributed by atoms with E-state index < -0.39 is 17.7 Å². The fraction of sp³-hybridized carbons (Fsp3) is 0.300. The smallest absolute Gasteiger partial charge is 0.337 e. The standard InChI is InChI=1S/C20H21FN2O3/c1-13-3-2-10-23(12-13)16-8-9-18(17(11-16)20(25)26)22-19(24)14-4-6-15(21)7-5-14/h4-9,11,13H,2-3,10,12H2,1H3,(H,22,24)(H,25,26). The zero-order valence-electron chi connectivity index (χ0n) is 14.5. The molecule has 1 atom stereocenters. The molecule has 1 amide bonds. The van der Waals surface area contributed by atoms with Crippen molar-refractivity contribution in [3.8, 4) is 0 Å². The third-order valence-corrected chi connectivity index (χ3v) is 4.61. The van der Waals surface area contributed by atoms with Gasteiger partial charge in [0.2, 0.25) is 0 Å². The Morgan fingerprint density at radius 1 is 1.19 bits per heavy atom. The number of hydrogen-bond acceptors (Lipinski definition) is 3. The highest BCUT2D eigenvalue weighted by molar-refractivity contribution is 6.08. The van der Waals surface area contributed by atoms with Crippen LogP contribution in [-0.2, 0) is 0 Å². The summed E-state index contributed by atoms with van der Waals surface area (Å²) in [6.07, 6.45) is 2.25. The van der Waals surface area contributed by atoms with Gasteiger partial charge in [0.15, 0.2) is 0 Å². The third-order valence-electron chi connectivity index (χ3n) is 4.61. The van der Waals surface area contributed by atoms with Gasteiger partial charge in [-0.2, -0.15) is 0 Å². The van der Waals surface area contributed by atoms with Gasteiger partial charge in [-0.15, -0.1) is 0 Å². The number of nitrogens with zero attached hydrogens (tertiary/aromatic N) is 1. The van der Waals surface area contributed by atoms with Crippen molar-refractivity contribution in [1.82, 2.24) is 0 Å². The highest BCUT2D eigenvalue weighted by Gasteiger charge is 2.20. The number of carboxylic acid groups (broad SMARTS) is 1. The van der Waals surface area contributed by atoms with Crippen molar-refractivity contribution in [2.45, 2.75) is 19.8 Å². The summed E-state index contributed by atoms with van der Waals surface area (Å²) in [4.78, 5) is 26.1. The second-order valence-electron chi connectivity index (χ2n) is 6.69. The van der Waals surface area contributed by atoms with Crippen LogP contribution < -0.4 is 10.2 Å². The monoisotopic (exact) mass is 356 g/mol. The number of carboxylic acids is 1. The highest BCUT2D eigenvalue weighted by atomic mass is 19.1. The van der Waals surface area contributed by atoms with Gasteiger partial charge in [0.1, 0.15) is 5.82 Å². The van der Waals surface area contributed by atoms with E-state index in [9.17, 15) is 19.1 Å². The SMILES string of the molecule is CC1CCCN(c2ccc(NC(=O)c3ccc(F)cc3)c(C(=O)O)c2)C1. The van der Waals surface area contributed by atoms with E-state index in [0.29, 0.717) is 5.92 Å². The van der Waals surface area contributed by atoms with Crippen molar-refractivity contribution in [3.63, 3.8) is 0 Å². The molecule has 1 saturated heterocycles. The number of benzene rings is 2. The van der Waals surface area contributed by atoms with Crippen LogP contribution in [0.2, 0.25) is 0 Å². The van der Waals surface area contributed by atoms with Gasteiger partial charge in [-0.3, -0.25) is 4.79 Å². The Hall–Kier alpha value is -2.89. The van der Waals surface area contributed by atoms with Crippen LogP contribution in [0.1, 0.15) is 40.5 Å². The second-order valence-corrected chi connectivity index (χ2v) is 6.69. The normalized spacial score (nSPS) is 17.0. The fourth-order valence-corrected chi connectivity index (χ4v) is 3.23. The van der Waals surface area contributed by atoms with E-state index in [1.165, 1.54) is 30.7 Å². The van der Waals surface area contributed by atoms with Gasteiger partial charge >= 0.3 is 5.97 Å². The maximum Gasteiger partial charge on any atom is 0.337 e. The minimum absolute atomic E-state index is 0.0381. The summed E-state index contributed by atoms with van der Waals surface area (Å²) in [6.45, 7) is 3.96. The molecule has 2 aromatic rings. The van der Waals surface area contributed by atoms with E-state index in [2.05, 4.69) is 17.1 Å². The van der Waals surface area contributed by atoms with E-state index in [4.69, 9.17) is 0 Å². The number of aromatic carboxylic acids is 1. The predicted octanol–water partition coefficient (Wildman–Crippen LogP) is 4.01. The Labute approximate surface area is 151 Å². The minimum Gasteiger partial charge on any atom is -0.478 e. The molecule has 0 saturated carbocycles. The predicted molar refractivity (Wildman–Crippen MR) is 98.4 cm³/mol. The molecule has 1 fully saturated rings. The van der Waals surface area contributed by atoms with E-state index in [1.807, 2.05) is 6.07 Å². The summed E-state index contributed by atoms with van der Waals surface area (Å²) in [7, 11) is 0. The fourth-order valence-electron chi connectivity index (χ4n) is 3.23. The summed E-state index contributed by atoms with van der Waals surface area (Å²) in [5.41, 5.74) is 1.36. The molecule has 6 heteroatoms. The number of nitrogens with one attached hydrogen (secondary N) is 1. The van der Waals surface area contributed by atoms with Crippen LogP contribution in [0.5, 0.6) is 0 Å². The van der Waals surface area contributed by atoms with E-state index in [-0.39, 0.29) is 16.8 Å². The Kier molecular flexibility index (Phi) is 5.21. The zero-order valence-corrected chi connectivity index (χ0v) is 14.5. The average Bonchev–Trinajstić information content (AvgIpc) is 2.62. The number of halogens is 1. The summed E-state index contributed by atoms with van der Waals surface area (Å²) >= 11 is 0. The lowest BCUT2D eigenvalue weighted by atomic mass is 9.99. The lowest BCUT2D eigenvalue weighted by molar-refractivity contribution is 0.0698. The van der Waals surface area contributed by atoms with Crippen molar-refractivity contribution in [1.29, 1.82) is 0 Å². The lowest BCUT2D eigenvalue weighted by Gasteiger charge is -2.33. The van der Waals surface area contributed by atoms with Gasteiger partial charge in [0, 0.05) is 24.3 Å². The van der Waals surface area contributed by atoms with Crippen molar-refractivity contribution in [2.75, 3.05) is 23.3 Å². The molecular formula is C20H21FN2O3. The first-order chi connectivity index (χ1) is 12.4. The molecule has 26 heavy (non-hydrogen) atoms. The number of carbonyl (C=O) groups excluding carboxylic acids is 1. The van der Waals surface area contributed by atoms with Crippen LogP contribution in [0.3, 0.4) is 0 Å². The number of piperidine rings is 1. The Bertz CT molecular complexity index is 820. The largest absolute Gasteiger partial charge is 0.478 e. The molecule has 0 radical (unpaired) electrons. The molecule has 0 aliphatic carbocycles. The average molecular weight is 356 g/mol. The Balaban J connectivity index is 1.84. The summed E-state index contributed by atoms with van der Waals surface area (Å²) in [6, 6.07) is 10.1. The van der Waals surface area contributed by atoms with Crippen molar-refractivity contribution in [2.24, 2.45) is 5.92 Å². The van der Waals surface area contributed by atoms with Gasteiger partial charge in [0.05, 0.1) is 11.3 Å². The molecule has 136 valence electrons. The summed E-state index contributed by atoms with van der Waals surface area (Å²) in [5, 5.41) is 12.1. The van der Waals surface area contributed by atoms with Gasteiger partial charge in [0.25, 0.3) is 5.91 Å². The van der Waals surface area contributed by atoms with Crippen LogP contribution in [0.25, 0.3) is 0 Å². The summed E-state index contributed by atoms with van der Waals surface area (Å²) < 4.78 is 13.0. The van der Waals surface area contributed by atoms with E-state index in [1.54, 1.807) is 12.1 Å². The van der Waals surface area contributed by atoms with Crippen molar-refractivity contribution < 1.29 is 19.1 Å². The van der Waals surface area contributed by atoms with Crippen molar-refractivity contribution >= 4 is 23.3 Å². The molecule has 5 nitrogen and oxygen atoms in total. The van der Waals surface area contributed by atoms with Crippen molar-refractivity contribution in [3.05, 3.63) is 59.4 Å². The number of rotatable bonds is 4. The van der Waals surface area contributed by atoms with Gasteiger partial charge in [-0.1, -0.05) is 6.92 Å². The topological polar surface area (TPSA) is 69.6 Å². The maximum atomic E-state index is 13.0.